The van der Waals surface area contributed by atoms with Crippen LogP contribution in [0.15, 0.2) is 78.1 Å². The van der Waals surface area contributed by atoms with E-state index < -0.39 is 15.1 Å². The molecular weight excluding hydrogens is 408 g/mol. The molecule has 0 fully saturated rings. The maximum absolute atomic E-state index is 12.4. The van der Waals surface area contributed by atoms with Crippen LogP contribution in [0, 0.1) is 0 Å². The normalized spacial score (nSPS) is 12.1. The number of H-pyrrole nitrogens is 1. The van der Waals surface area contributed by atoms with E-state index in [0.29, 0.717) is 16.2 Å². The molecule has 31 heavy (non-hydrogen) atoms. The average Bonchev–Trinajstić information content (AvgIpc) is 3.22. The predicted octanol–water partition coefficient (Wildman–Crippen LogP) is 5.27. The zero-order valence-electron chi connectivity index (χ0n) is 17.1. The molecule has 0 radical (unpaired) electrons. The Morgan fingerprint density at radius 1 is 0.968 bits per heavy atom. The monoisotopic (exact) mass is 430 g/mol. The standard InChI is InChI=1S/C24H20N4O2S.H2/c1-15(2)31(29,30)19-8-5-16(6-9-19)22-14-27-24-23(28-22)20(13-26-24)17-7-10-21-18(12-17)4-3-11-25-21;/h3-15H,1-2H3,(H,26,27);1H. The SMILES string of the molecule is CC(C)S(=O)(=O)c1ccc(-c2cnc3[nH]cc(-c4ccc5ncccc5c4)c3n2)cc1.[HH]. The molecule has 0 atom stereocenters. The van der Waals surface area contributed by atoms with Gasteiger partial charge in [-0.25, -0.2) is 18.4 Å². The lowest BCUT2D eigenvalue weighted by molar-refractivity contribution is 0.587. The molecular formula is C24H22N4O2S. The predicted molar refractivity (Wildman–Crippen MR) is 124 cm³/mol. The summed E-state index contributed by atoms with van der Waals surface area (Å²) in [4.78, 5) is 17.2. The minimum absolute atomic E-state index is 0. The molecule has 0 aliphatic carbocycles. The molecule has 6 nitrogen and oxygen atoms in total. The van der Waals surface area contributed by atoms with Gasteiger partial charge in [0.15, 0.2) is 15.5 Å². The van der Waals surface area contributed by atoms with Crippen molar-refractivity contribution in [3.63, 3.8) is 0 Å². The number of fused-ring (bicyclic) bond motifs is 2. The van der Waals surface area contributed by atoms with Crippen molar-refractivity contribution in [1.82, 2.24) is 19.9 Å². The van der Waals surface area contributed by atoms with E-state index in [0.717, 1.165) is 33.1 Å². The van der Waals surface area contributed by atoms with E-state index in [1.165, 1.54) is 0 Å². The quantitative estimate of drug-likeness (QED) is 0.420. The van der Waals surface area contributed by atoms with Gasteiger partial charge in [0.1, 0.15) is 5.52 Å². The van der Waals surface area contributed by atoms with Crippen molar-refractivity contribution in [2.45, 2.75) is 24.0 Å². The Kier molecular flexibility index (Phi) is 4.55. The number of aromatic nitrogens is 4. The van der Waals surface area contributed by atoms with Gasteiger partial charge in [-0.1, -0.05) is 24.3 Å². The number of sulfone groups is 1. The van der Waals surface area contributed by atoms with Crippen molar-refractivity contribution >= 4 is 31.9 Å². The molecule has 5 aromatic rings. The van der Waals surface area contributed by atoms with Gasteiger partial charge in [-0.3, -0.25) is 4.98 Å². The first kappa shape index (κ1) is 19.4. The second-order valence-corrected chi connectivity index (χ2v) is 10.2. The van der Waals surface area contributed by atoms with Gasteiger partial charge in [-0.05, 0) is 49.7 Å². The summed E-state index contributed by atoms with van der Waals surface area (Å²) in [6.45, 7) is 3.36. The van der Waals surface area contributed by atoms with E-state index in [1.54, 1.807) is 50.5 Å². The fraction of sp³-hybridized carbons (Fsp3) is 0.125. The number of hydrogen-bond acceptors (Lipinski definition) is 5. The summed E-state index contributed by atoms with van der Waals surface area (Å²) in [7, 11) is -3.31. The molecule has 0 saturated heterocycles. The number of benzene rings is 2. The van der Waals surface area contributed by atoms with Crippen LogP contribution < -0.4 is 0 Å². The number of pyridine rings is 1. The van der Waals surface area contributed by atoms with E-state index in [1.807, 2.05) is 30.5 Å². The van der Waals surface area contributed by atoms with Crippen LogP contribution in [-0.2, 0) is 9.84 Å². The Morgan fingerprint density at radius 3 is 2.52 bits per heavy atom. The highest BCUT2D eigenvalue weighted by molar-refractivity contribution is 7.92. The van der Waals surface area contributed by atoms with Gasteiger partial charge < -0.3 is 4.98 Å². The average molecular weight is 431 g/mol. The maximum Gasteiger partial charge on any atom is 0.180 e. The molecule has 0 bridgehead atoms. The first-order valence-corrected chi connectivity index (χ1v) is 11.5. The van der Waals surface area contributed by atoms with E-state index >= 15 is 0 Å². The molecule has 3 heterocycles. The van der Waals surface area contributed by atoms with Crippen molar-refractivity contribution in [1.29, 1.82) is 0 Å². The molecule has 0 aliphatic heterocycles. The lowest BCUT2D eigenvalue weighted by atomic mass is 10.1. The first-order chi connectivity index (χ1) is 14.9. The molecule has 0 saturated carbocycles. The van der Waals surface area contributed by atoms with Crippen molar-refractivity contribution in [2.24, 2.45) is 0 Å². The Hall–Kier alpha value is -3.58. The largest absolute Gasteiger partial charge is 0.344 e. The zero-order chi connectivity index (χ0) is 21.6. The summed E-state index contributed by atoms with van der Waals surface area (Å²) in [5.74, 6) is 0. The molecule has 0 spiro atoms. The van der Waals surface area contributed by atoms with Gasteiger partial charge in [0.2, 0.25) is 0 Å². The number of nitrogens with one attached hydrogen (secondary N) is 1. The van der Waals surface area contributed by atoms with Crippen LogP contribution in [0.5, 0.6) is 0 Å². The maximum atomic E-state index is 12.4. The lowest BCUT2D eigenvalue weighted by Crippen LogP contribution is -2.13. The third-order valence-corrected chi connectivity index (χ3v) is 7.56. The molecule has 2 aromatic carbocycles. The molecule has 1 N–H and O–H groups in total. The van der Waals surface area contributed by atoms with Crippen LogP contribution in [0.1, 0.15) is 15.3 Å². The Bertz CT molecular complexity index is 1530. The van der Waals surface area contributed by atoms with Crippen LogP contribution >= 0.6 is 0 Å². The highest BCUT2D eigenvalue weighted by Crippen LogP contribution is 2.30. The molecule has 156 valence electrons. The fourth-order valence-electron chi connectivity index (χ4n) is 3.58. The van der Waals surface area contributed by atoms with Gasteiger partial charge in [0, 0.05) is 30.3 Å². The number of rotatable bonds is 4. The second-order valence-electron chi connectivity index (χ2n) is 7.68. The van der Waals surface area contributed by atoms with Gasteiger partial charge in [-0.2, -0.15) is 0 Å². The van der Waals surface area contributed by atoms with E-state index in [9.17, 15) is 8.42 Å². The molecule has 7 heteroatoms. The number of nitrogens with zero attached hydrogens (tertiary/aromatic N) is 3. The van der Waals surface area contributed by atoms with E-state index in [4.69, 9.17) is 4.98 Å². The van der Waals surface area contributed by atoms with Crippen LogP contribution in [0.2, 0.25) is 0 Å². The van der Waals surface area contributed by atoms with Gasteiger partial charge in [-0.15, -0.1) is 0 Å². The van der Waals surface area contributed by atoms with Crippen molar-refractivity contribution in [3.8, 4) is 22.4 Å². The summed E-state index contributed by atoms with van der Waals surface area (Å²) < 4.78 is 24.8. The summed E-state index contributed by atoms with van der Waals surface area (Å²) in [5.41, 5.74) is 5.87. The van der Waals surface area contributed by atoms with Crippen LogP contribution in [0.3, 0.4) is 0 Å². The minimum Gasteiger partial charge on any atom is -0.344 e. The first-order valence-electron chi connectivity index (χ1n) is 9.97. The minimum atomic E-state index is -3.31. The Morgan fingerprint density at radius 2 is 1.74 bits per heavy atom. The third-order valence-electron chi connectivity index (χ3n) is 5.39. The summed E-state index contributed by atoms with van der Waals surface area (Å²) in [6.07, 6.45) is 5.38. The number of hydrogen-bond donors (Lipinski definition) is 1. The molecule has 3 aromatic heterocycles. The van der Waals surface area contributed by atoms with Crippen molar-refractivity contribution in [3.05, 3.63) is 73.2 Å². The van der Waals surface area contributed by atoms with Crippen LogP contribution in [0.4, 0.5) is 0 Å². The van der Waals surface area contributed by atoms with Crippen LogP contribution in [0.25, 0.3) is 44.5 Å². The van der Waals surface area contributed by atoms with Gasteiger partial charge in [0.25, 0.3) is 0 Å². The second kappa shape index (κ2) is 7.28. The molecule has 5 rings (SSSR count). The molecule has 0 unspecified atom stereocenters. The Labute approximate surface area is 181 Å². The van der Waals surface area contributed by atoms with Gasteiger partial charge in [0.05, 0.1) is 27.6 Å². The highest BCUT2D eigenvalue weighted by Gasteiger charge is 2.19. The summed E-state index contributed by atoms with van der Waals surface area (Å²) >= 11 is 0. The third kappa shape index (κ3) is 3.37. The topological polar surface area (TPSA) is 88.6 Å². The molecule has 0 amide bonds. The summed E-state index contributed by atoms with van der Waals surface area (Å²) in [6, 6.07) is 16.9. The Balaban J connectivity index is 0.00000245. The van der Waals surface area contributed by atoms with Crippen molar-refractivity contribution in [2.75, 3.05) is 0 Å². The van der Waals surface area contributed by atoms with E-state index in [2.05, 4.69) is 21.0 Å². The van der Waals surface area contributed by atoms with Crippen molar-refractivity contribution < 1.29 is 9.84 Å². The smallest absolute Gasteiger partial charge is 0.180 e. The fourth-order valence-corrected chi connectivity index (χ4v) is 4.64. The molecule has 0 aliphatic rings. The summed E-state index contributed by atoms with van der Waals surface area (Å²) in [5, 5.41) is 0.592. The zero-order valence-corrected chi connectivity index (χ0v) is 17.9. The highest BCUT2D eigenvalue weighted by atomic mass is 32.2. The van der Waals surface area contributed by atoms with E-state index in [-0.39, 0.29) is 1.43 Å². The lowest BCUT2D eigenvalue weighted by Gasteiger charge is -2.08. The van der Waals surface area contributed by atoms with Gasteiger partial charge >= 0.3 is 0 Å². The van der Waals surface area contributed by atoms with Crippen LogP contribution in [-0.4, -0.2) is 33.6 Å². The number of aromatic amines is 1.